The Morgan fingerprint density at radius 1 is 1.11 bits per heavy atom. The number of amides is 1. The maximum Gasteiger partial charge on any atom is 0.410 e. The smallest absolute Gasteiger partial charge is 0.410 e. The second-order valence-corrected chi connectivity index (χ2v) is 7.78. The van der Waals surface area contributed by atoms with Gasteiger partial charge in [-0.2, -0.15) is 0 Å². The average molecular weight is 393 g/mol. The quantitative estimate of drug-likeness (QED) is 0.479. The monoisotopic (exact) mass is 393 g/mol. The molecule has 0 aliphatic carbocycles. The largest absolute Gasteiger partial charge is 0.481 e. The zero-order chi connectivity index (χ0) is 21.2. The van der Waals surface area contributed by atoms with Gasteiger partial charge in [0.25, 0.3) is 0 Å². The van der Waals surface area contributed by atoms with Crippen LogP contribution in [-0.2, 0) is 25.7 Å². The van der Waals surface area contributed by atoms with Gasteiger partial charge in [-0.1, -0.05) is 36.8 Å². The van der Waals surface area contributed by atoms with Gasteiger partial charge in [-0.15, -0.1) is 0 Å². The van der Waals surface area contributed by atoms with Crippen LogP contribution in [0.5, 0.6) is 0 Å². The first kappa shape index (κ1) is 23.5. The Morgan fingerprint density at radius 2 is 1.75 bits per heavy atom. The van der Waals surface area contributed by atoms with Crippen LogP contribution in [0.4, 0.5) is 4.79 Å². The van der Waals surface area contributed by atoms with Crippen LogP contribution < -0.4 is 0 Å². The van der Waals surface area contributed by atoms with Crippen molar-refractivity contribution < 1.29 is 29.0 Å². The highest BCUT2D eigenvalue weighted by Crippen LogP contribution is 2.16. The second kappa shape index (κ2) is 11.3. The van der Waals surface area contributed by atoms with Crippen LogP contribution in [-0.4, -0.2) is 47.2 Å². The summed E-state index contributed by atoms with van der Waals surface area (Å²) in [6, 6.07) is 9.23. The third-order valence-electron chi connectivity index (χ3n) is 4.01. The average Bonchev–Trinajstić information content (AvgIpc) is 2.61. The summed E-state index contributed by atoms with van der Waals surface area (Å²) in [6.07, 6.45) is 0.975. The minimum atomic E-state index is -1.02. The molecule has 7 nitrogen and oxygen atoms in total. The normalized spacial score (nSPS) is 12.1. The molecule has 1 N–H and O–H groups in total. The summed E-state index contributed by atoms with van der Waals surface area (Å²) in [5.41, 5.74) is 0.299. The van der Waals surface area contributed by atoms with Crippen LogP contribution in [0, 0.1) is 5.92 Å². The summed E-state index contributed by atoms with van der Waals surface area (Å²) in [5, 5.41) is 9.34. The van der Waals surface area contributed by atoms with E-state index in [4.69, 9.17) is 9.47 Å². The highest BCUT2D eigenvalue weighted by Gasteiger charge is 2.23. The summed E-state index contributed by atoms with van der Waals surface area (Å²) in [4.78, 5) is 36.7. The molecule has 0 fully saturated rings. The van der Waals surface area contributed by atoms with Crippen LogP contribution in [0.1, 0.15) is 52.0 Å². The van der Waals surface area contributed by atoms with Gasteiger partial charge in [0.1, 0.15) is 12.2 Å². The van der Waals surface area contributed by atoms with Crippen LogP contribution >= 0.6 is 0 Å². The molecule has 0 aliphatic heterocycles. The lowest BCUT2D eigenvalue weighted by Crippen LogP contribution is -2.34. The van der Waals surface area contributed by atoms with Gasteiger partial charge in [-0.25, -0.2) is 4.79 Å². The van der Waals surface area contributed by atoms with Crippen molar-refractivity contribution in [3.63, 3.8) is 0 Å². The molecular formula is C21H31NO6. The van der Waals surface area contributed by atoms with Gasteiger partial charge in [-0.3, -0.25) is 9.59 Å². The summed E-state index contributed by atoms with van der Waals surface area (Å²) < 4.78 is 10.4. The summed E-state index contributed by atoms with van der Waals surface area (Å²) in [6.45, 7) is 5.99. The fourth-order valence-electron chi connectivity index (χ4n) is 2.48. The number of esters is 1. The molecule has 1 aromatic rings. The van der Waals surface area contributed by atoms with Crippen molar-refractivity contribution in [1.29, 1.82) is 0 Å². The lowest BCUT2D eigenvalue weighted by molar-refractivity contribution is -0.152. The van der Waals surface area contributed by atoms with Crippen molar-refractivity contribution in [2.24, 2.45) is 5.92 Å². The number of carbonyl (C=O) groups is 3. The van der Waals surface area contributed by atoms with Gasteiger partial charge in [0.15, 0.2) is 0 Å². The van der Waals surface area contributed by atoms with Crippen molar-refractivity contribution >= 4 is 18.0 Å². The zero-order valence-corrected chi connectivity index (χ0v) is 17.1. The number of aliphatic carboxylic acids is 1. The molecule has 7 heteroatoms. The molecule has 0 aliphatic rings. The van der Waals surface area contributed by atoms with Crippen molar-refractivity contribution in [2.45, 2.75) is 58.7 Å². The molecule has 0 aromatic heterocycles. The molecule has 1 amide bonds. The van der Waals surface area contributed by atoms with E-state index in [-0.39, 0.29) is 13.0 Å². The van der Waals surface area contributed by atoms with E-state index in [0.29, 0.717) is 25.8 Å². The predicted octanol–water partition coefficient (Wildman–Crippen LogP) is 3.86. The Hall–Kier alpha value is -2.57. The standard InChI is InChI=1S/C21H31NO6/c1-21(2,3)28-20(26)22(4)13-9-8-12-17(19(24)25)14-18(23)27-15-16-10-6-5-7-11-16/h5-7,10-11,17H,8-9,12-15H2,1-4H3,(H,24,25)/t17-/m1/s1. The van der Waals surface area contributed by atoms with E-state index >= 15 is 0 Å². The van der Waals surface area contributed by atoms with E-state index in [1.54, 1.807) is 27.8 Å². The first-order valence-electron chi connectivity index (χ1n) is 9.45. The molecule has 0 unspecified atom stereocenters. The molecule has 0 saturated heterocycles. The third kappa shape index (κ3) is 9.94. The highest BCUT2D eigenvalue weighted by molar-refractivity contribution is 5.78. The fraction of sp³-hybridized carbons (Fsp3) is 0.571. The van der Waals surface area contributed by atoms with Gasteiger partial charge < -0.3 is 19.5 Å². The Morgan fingerprint density at radius 3 is 2.32 bits per heavy atom. The van der Waals surface area contributed by atoms with Crippen molar-refractivity contribution in [1.82, 2.24) is 4.90 Å². The number of carbonyl (C=O) groups excluding carboxylic acids is 2. The Balaban J connectivity index is 2.33. The third-order valence-corrected chi connectivity index (χ3v) is 4.01. The van der Waals surface area contributed by atoms with E-state index in [9.17, 15) is 19.5 Å². The molecule has 0 radical (unpaired) electrons. The van der Waals surface area contributed by atoms with Crippen LogP contribution in [0.3, 0.4) is 0 Å². The molecule has 0 saturated carbocycles. The molecule has 1 aromatic carbocycles. The van der Waals surface area contributed by atoms with E-state index in [1.807, 2.05) is 30.3 Å². The number of unbranched alkanes of at least 4 members (excludes halogenated alkanes) is 1. The SMILES string of the molecule is CN(CCCC[C@H](CC(=O)OCc1ccccc1)C(=O)O)C(=O)OC(C)(C)C. The predicted molar refractivity (Wildman–Crippen MR) is 105 cm³/mol. The van der Waals surface area contributed by atoms with E-state index in [2.05, 4.69) is 0 Å². The lowest BCUT2D eigenvalue weighted by atomic mass is 9.98. The van der Waals surface area contributed by atoms with Gasteiger partial charge in [0.05, 0.1) is 12.3 Å². The molecule has 28 heavy (non-hydrogen) atoms. The summed E-state index contributed by atoms with van der Waals surface area (Å²) in [5.74, 6) is -2.34. The van der Waals surface area contributed by atoms with Gasteiger partial charge in [0.2, 0.25) is 0 Å². The van der Waals surface area contributed by atoms with Gasteiger partial charge >= 0.3 is 18.0 Å². The van der Waals surface area contributed by atoms with E-state index in [0.717, 1.165) is 5.56 Å². The first-order valence-corrected chi connectivity index (χ1v) is 9.45. The fourth-order valence-corrected chi connectivity index (χ4v) is 2.48. The second-order valence-electron chi connectivity index (χ2n) is 7.78. The summed E-state index contributed by atoms with van der Waals surface area (Å²) >= 11 is 0. The molecule has 0 bridgehead atoms. The zero-order valence-electron chi connectivity index (χ0n) is 17.1. The van der Waals surface area contributed by atoms with Gasteiger partial charge in [0, 0.05) is 13.6 Å². The summed E-state index contributed by atoms with van der Waals surface area (Å²) in [7, 11) is 1.64. The van der Waals surface area contributed by atoms with Crippen LogP contribution in [0.25, 0.3) is 0 Å². The maximum atomic E-state index is 11.9. The van der Waals surface area contributed by atoms with Gasteiger partial charge in [-0.05, 0) is 39.2 Å². The molecule has 1 atom stereocenters. The lowest BCUT2D eigenvalue weighted by Gasteiger charge is -2.24. The number of carboxylic acids is 1. The number of nitrogens with zero attached hydrogens (tertiary/aromatic N) is 1. The number of hydrogen-bond donors (Lipinski definition) is 1. The number of ether oxygens (including phenoxy) is 2. The minimum Gasteiger partial charge on any atom is -0.481 e. The Kier molecular flexibility index (Phi) is 9.48. The molecule has 0 heterocycles. The van der Waals surface area contributed by atoms with Crippen LogP contribution in [0.2, 0.25) is 0 Å². The van der Waals surface area contributed by atoms with Crippen molar-refractivity contribution in [3.05, 3.63) is 35.9 Å². The molecule has 0 spiro atoms. The number of benzene rings is 1. The maximum absolute atomic E-state index is 11.9. The Labute approximate surface area is 166 Å². The minimum absolute atomic E-state index is 0.132. The number of carboxylic acid groups (broad SMARTS) is 1. The van der Waals surface area contributed by atoms with Crippen molar-refractivity contribution in [2.75, 3.05) is 13.6 Å². The number of rotatable bonds is 10. The highest BCUT2D eigenvalue weighted by atomic mass is 16.6. The van der Waals surface area contributed by atoms with Crippen molar-refractivity contribution in [3.8, 4) is 0 Å². The Bertz CT molecular complexity index is 638. The molecule has 156 valence electrons. The van der Waals surface area contributed by atoms with E-state index < -0.39 is 29.6 Å². The van der Waals surface area contributed by atoms with Crippen LogP contribution in [0.15, 0.2) is 30.3 Å². The number of hydrogen-bond acceptors (Lipinski definition) is 5. The van der Waals surface area contributed by atoms with E-state index in [1.165, 1.54) is 4.90 Å². The topological polar surface area (TPSA) is 93.1 Å². The molecule has 1 rings (SSSR count). The first-order chi connectivity index (χ1) is 13.1. The molecular weight excluding hydrogens is 362 g/mol.